The van der Waals surface area contributed by atoms with Crippen molar-refractivity contribution in [3.63, 3.8) is 0 Å². The lowest BCUT2D eigenvalue weighted by Crippen LogP contribution is -2.48. The molecule has 0 aromatic heterocycles. The molecule has 2 aromatic rings. The zero-order valence-electron chi connectivity index (χ0n) is 14.7. The first-order valence-corrected chi connectivity index (χ1v) is 8.93. The van der Waals surface area contributed by atoms with Gasteiger partial charge < -0.3 is 19.1 Å². The number of nitrogens with zero attached hydrogens (tertiary/aromatic N) is 1. The van der Waals surface area contributed by atoms with Crippen LogP contribution >= 0.6 is 11.6 Å². The summed E-state index contributed by atoms with van der Waals surface area (Å²) in [6.07, 6.45) is 0.165. The van der Waals surface area contributed by atoms with Gasteiger partial charge in [0.1, 0.15) is 12.7 Å². The van der Waals surface area contributed by atoms with Crippen molar-refractivity contribution in [2.45, 2.75) is 12.5 Å². The maximum atomic E-state index is 12.6. The standard InChI is InChI=1S/C20H22ClNO4/c1-24-18-7-2-3-8-19(18)26-14-17-13-22(9-10-25-17)20(23)12-15-5-4-6-16(21)11-15/h2-8,11,17H,9-10,12-14H2,1H3. The van der Waals surface area contributed by atoms with Crippen molar-refractivity contribution in [1.29, 1.82) is 0 Å². The second-order valence-corrected chi connectivity index (χ2v) is 6.54. The van der Waals surface area contributed by atoms with Crippen LogP contribution in [0.15, 0.2) is 48.5 Å². The van der Waals surface area contributed by atoms with Gasteiger partial charge in [-0.05, 0) is 29.8 Å². The van der Waals surface area contributed by atoms with E-state index in [1.807, 2.05) is 47.4 Å². The maximum absolute atomic E-state index is 12.6. The van der Waals surface area contributed by atoms with E-state index in [2.05, 4.69) is 0 Å². The van der Waals surface area contributed by atoms with Crippen molar-refractivity contribution in [3.8, 4) is 11.5 Å². The molecular weight excluding hydrogens is 354 g/mol. The van der Waals surface area contributed by atoms with Crippen molar-refractivity contribution >= 4 is 17.5 Å². The van der Waals surface area contributed by atoms with Crippen LogP contribution in [0.2, 0.25) is 5.02 Å². The molecular formula is C20H22ClNO4. The molecule has 1 fully saturated rings. The Morgan fingerprint density at radius 3 is 2.81 bits per heavy atom. The molecule has 0 aliphatic carbocycles. The van der Waals surface area contributed by atoms with Crippen molar-refractivity contribution in [2.75, 3.05) is 33.4 Å². The minimum atomic E-state index is -0.169. The molecule has 26 heavy (non-hydrogen) atoms. The fourth-order valence-electron chi connectivity index (χ4n) is 2.90. The van der Waals surface area contributed by atoms with Crippen LogP contribution in [-0.4, -0.2) is 50.3 Å². The minimum absolute atomic E-state index is 0.0675. The lowest BCUT2D eigenvalue weighted by molar-refractivity contribution is -0.139. The van der Waals surface area contributed by atoms with Crippen molar-refractivity contribution < 1.29 is 19.0 Å². The lowest BCUT2D eigenvalue weighted by atomic mass is 10.1. The van der Waals surface area contributed by atoms with Gasteiger partial charge in [0.15, 0.2) is 11.5 Å². The zero-order valence-corrected chi connectivity index (χ0v) is 15.4. The summed E-state index contributed by atoms with van der Waals surface area (Å²) >= 11 is 5.99. The number of morpholine rings is 1. The van der Waals surface area contributed by atoms with E-state index in [0.29, 0.717) is 49.2 Å². The smallest absolute Gasteiger partial charge is 0.227 e. The summed E-state index contributed by atoms with van der Waals surface area (Å²) in [5.74, 6) is 1.41. The number of ether oxygens (including phenoxy) is 3. The number of methoxy groups -OCH3 is 1. The average molecular weight is 376 g/mol. The molecule has 0 bridgehead atoms. The number of carbonyl (C=O) groups excluding carboxylic acids is 1. The zero-order chi connectivity index (χ0) is 18.4. The third kappa shape index (κ3) is 4.90. The molecule has 6 heteroatoms. The Labute approximate surface area is 158 Å². The molecule has 1 amide bonds. The number of rotatable bonds is 6. The van der Waals surface area contributed by atoms with E-state index in [9.17, 15) is 4.79 Å². The fourth-order valence-corrected chi connectivity index (χ4v) is 3.11. The second-order valence-electron chi connectivity index (χ2n) is 6.10. The summed E-state index contributed by atoms with van der Waals surface area (Å²) in [4.78, 5) is 14.4. The van der Waals surface area contributed by atoms with Crippen LogP contribution in [0.5, 0.6) is 11.5 Å². The first kappa shape index (κ1) is 18.5. The van der Waals surface area contributed by atoms with Gasteiger partial charge in [0.25, 0.3) is 0 Å². The first-order chi connectivity index (χ1) is 12.7. The van der Waals surface area contributed by atoms with Gasteiger partial charge in [0, 0.05) is 11.6 Å². The molecule has 0 saturated carbocycles. The van der Waals surface area contributed by atoms with Gasteiger partial charge in [-0.25, -0.2) is 0 Å². The molecule has 1 aliphatic heterocycles. The Morgan fingerprint density at radius 2 is 2.04 bits per heavy atom. The fraction of sp³-hybridized carbons (Fsp3) is 0.350. The van der Waals surface area contributed by atoms with Gasteiger partial charge in [-0.2, -0.15) is 0 Å². The highest BCUT2D eigenvalue weighted by molar-refractivity contribution is 6.30. The Kier molecular flexibility index (Phi) is 6.36. The quantitative estimate of drug-likeness (QED) is 0.778. The SMILES string of the molecule is COc1ccccc1OCC1CN(C(=O)Cc2cccc(Cl)c2)CCO1. The number of para-hydroxylation sites is 2. The molecule has 1 saturated heterocycles. The van der Waals surface area contributed by atoms with E-state index in [0.717, 1.165) is 5.56 Å². The van der Waals surface area contributed by atoms with Crippen LogP contribution in [0.3, 0.4) is 0 Å². The third-order valence-electron chi connectivity index (χ3n) is 4.23. The van der Waals surface area contributed by atoms with Gasteiger partial charge in [-0.3, -0.25) is 4.79 Å². The highest BCUT2D eigenvalue weighted by Crippen LogP contribution is 2.26. The van der Waals surface area contributed by atoms with Crippen LogP contribution < -0.4 is 9.47 Å². The number of amides is 1. The molecule has 0 spiro atoms. The highest BCUT2D eigenvalue weighted by atomic mass is 35.5. The summed E-state index contributed by atoms with van der Waals surface area (Å²) in [6.45, 7) is 1.96. The lowest BCUT2D eigenvalue weighted by Gasteiger charge is -2.33. The van der Waals surface area contributed by atoms with E-state index in [-0.39, 0.29) is 12.0 Å². The number of benzene rings is 2. The Morgan fingerprint density at radius 1 is 1.23 bits per heavy atom. The van der Waals surface area contributed by atoms with E-state index in [4.69, 9.17) is 25.8 Å². The number of hydrogen-bond donors (Lipinski definition) is 0. The Balaban J connectivity index is 1.54. The number of halogens is 1. The Hall–Kier alpha value is -2.24. The van der Waals surface area contributed by atoms with Crippen LogP contribution in [0, 0.1) is 0 Å². The maximum Gasteiger partial charge on any atom is 0.227 e. The second kappa shape index (κ2) is 8.92. The summed E-state index contributed by atoms with van der Waals surface area (Å²) in [7, 11) is 1.61. The molecule has 1 unspecified atom stereocenters. The molecule has 0 N–H and O–H groups in total. The first-order valence-electron chi connectivity index (χ1n) is 8.55. The normalized spacial score (nSPS) is 17.0. The van der Waals surface area contributed by atoms with Gasteiger partial charge >= 0.3 is 0 Å². The predicted octanol–water partition coefficient (Wildman–Crippen LogP) is 3.20. The van der Waals surface area contributed by atoms with Crippen LogP contribution in [0.25, 0.3) is 0 Å². The molecule has 1 heterocycles. The van der Waals surface area contributed by atoms with Crippen molar-refractivity contribution in [3.05, 3.63) is 59.1 Å². The topological polar surface area (TPSA) is 48.0 Å². The van der Waals surface area contributed by atoms with Gasteiger partial charge in [0.05, 0.1) is 26.7 Å². The predicted molar refractivity (Wildman–Crippen MR) is 100.0 cm³/mol. The molecule has 0 radical (unpaired) electrons. The summed E-state index contributed by atoms with van der Waals surface area (Å²) in [6, 6.07) is 14.9. The van der Waals surface area contributed by atoms with Gasteiger partial charge in [-0.1, -0.05) is 35.9 Å². The van der Waals surface area contributed by atoms with Crippen molar-refractivity contribution in [2.24, 2.45) is 0 Å². The van der Waals surface area contributed by atoms with E-state index in [1.54, 1.807) is 13.2 Å². The minimum Gasteiger partial charge on any atom is -0.493 e. The van der Waals surface area contributed by atoms with Crippen LogP contribution in [0.1, 0.15) is 5.56 Å². The molecule has 1 atom stereocenters. The summed E-state index contributed by atoms with van der Waals surface area (Å²) in [5.41, 5.74) is 0.913. The van der Waals surface area contributed by atoms with Crippen LogP contribution in [-0.2, 0) is 16.0 Å². The summed E-state index contributed by atoms with van der Waals surface area (Å²) in [5, 5.41) is 0.639. The van der Waals surface area contributed by atoms with Crippen LogP contribution in [0.4, 0.5) is 0 Å². The molecule has 138 valence electrons. The Bertz CT molecular complexity index is 752. The molecule has 3 rings (SSSR count). The molecule has 1 aliphatic rings. The molecule has 2 aromatic carbocycles. The van der Waals surface area contributed by atoms with E-state index < -0.39 is 0 Å². The number of hydrogen-bond acceptors (Lipinski definition) is 4. The van der Waals surface area contributed by atoms with Crippen molar-refractivity contribution in [1.82, 2.24) is 4.90 Å². The van der Waals surface area contributed by atoms with Gasteiger partial charge in [-0.15, -0.1) is 0 Å². The van der Waals surface area contributed by atoms with E-state index >= 15 is 0 Å². The highest BCUT2D eigenvalue weighted by Gasteiger charge is 2.25. The monoisotopic (exact) mass is 375 g/mol. The summed E-state index contributed by atoms with van der Waals surface area (Å²) < 4.78 is 16.8. The largest absolute Gasteiger partial charge is 0.493 e. The number of carbonyl (C=O) groups is 1. The van der Waals surface area contributed by atoms with Gasteiger partial charge in [0.2, 0.25) is 5.91 Å². The average Bonchev–Trinajstić information content (AvgIpc) is 2.67. The molecule has 5 nitrogen and oxygen atoms in total. The van der Waals surface area contributed by atoms with E-state index in [1.165, 1.54) is 0 Å². The third-order valence-corrected chi connectivity index (χ3v) is 4.46.